The van der Waals surface area contributed by atoms with Crippen molar-refractivity contribution in [1.29, 1.82) is 0 Å². The lowest BCUT2D eigenvalue weighted by atomic mass is 9.76. The molecule has 5 N–H and O–H groups in total. The van der Waals surface area contributed by atoms with Gasteiger partial charge in [0.25, 0.3) is 0 Å². The van der Waals surface area contributed by atoms with E-state index in [-0.39, 0.29) is 13.2 Å². The fraction of sp³-hybridized carbons (Fsp3) is 1.00. The van der Waals surface area contributed by atoms with Gasteiger partial charge in [-0.1, -0.05) is 0 Å². The van der Waals surface area contributed by atoms with Crippen LogP contribution in [0.1, 0.15) is 19.3 Å². The van der Waals surface area contributed by atoms with Crippen LogP contribution >= 0.6 is 0 Å². The lowest BCUT2D eigenvalue weighted by molar-refractivity contribution is -0.381. The highest BCUT2D eigenvalue weighted by Gasteiger charge is 2.28. The molecule has 0 spiro atoms. The summed E-state index contributed by atoms with van der Waals surface area (Å²) < 4.78 is 0. The van der Waals surface area contributed by atoms with Gasteiger partial charge >= 0.3 is 0 Å². The predicted molar refractivity (Wildman–Crippen MR) is 46.2 cm³/mol. The molecule has 3 heteroatoms. The maximum Gasteiger partial charge on any atom is 0.0768 e. The molecule has 0 aromatic carbocycles. The Kier molecular flexibility index (Phi) is 3.98. The molecule has 3 nitrogen and oxygen atoms in total. The van der Waals surface area contributed by atoms with Gasteiger partial charge in [-0.25, -0.2) is 0 Å². The number of aliphatic hydroxyl groups excluding tert-OH is 2. The highest BCUT2D eigenvalue weighted by Crippen LogP contribution is 2.31. The molecule has 0 aromatic heterocycles. The number of hydrogen-bond donors (Lipinski definition) is 3. The van der Waals surface area contributed by atoms with Crippen LogP contribution in [0.4, 0.5) is 0 Å². The Labute approximate surface area is 73.6 Å². The molecule has 0 heterocycles. The molecular weight excluding hydrogens is 154 g/mol. The Morgan fingerprint density at radius 1 is 0.917 bits per heavy atom. The first-order valence-electron chi connectivity index (χ1n) is 4.81. The van der Waals surface area contributed by atoms with Gasteiger partial charge in [0.2, 0.25) is 0 Å². The van der Waals surface area contributed by atoms with Crippen molar-refractivity contribution in [2.75, 3.05) is 19.8 Å². The van der Waals surface area contributed by atoms with Crippen LogP contribution in [0.3, 0.4) is 0 Å². The zero-order valence-corrected chi connectivity index (χ0v) is 7.58. The van der Waals surface area contributed by atoms with Gasteiger partial charge in [-0.05, 0) is 31.1 Å². The Morgan fingerprint density at radius 2 is 1.33 bits per heavy atom. The number of rotatable bonds is 3. The smallest absolute Gasteiger partial charge is 0.0768 e. The van der Waals surface area contributed by atoms with E-state index in [0.29, 0.717) is 17.8 Å². The molecule has 1 unspecified atom stereocenters. The van der Waals surface area contributed by atoms with E-state index >= 15 is 0 Å². The second-order valence-electron chi connectivity index (χ2n) is 3.96. The minimum Gasteiger partial charge on any atom is -0.396 e. The molecule has 0 radical (unpaired) electrons. The van der Waals surface area contributed by atoms with Gasteiger partial charge in [-0.3, -0.25) is 0 Å². The molecule has 0 amide bonds. The molecular formula is C9H20NO2+. The minimum atomic E-state index is 0.271. The van der Waals surface area contributed by atoms with E-state index in [9.17, 15) is 0 Å². The average molecular weight is 174 g/mol. The first-order chi connectivity index (χ1) is 5.80. The van der Waals surface area contributed by atoms with Gasteiger partial charge in [-0.2, -0.15) is 0 Å². The monoisotopic (exact) mass is 174 g/mol. The van der Waals surface area contributed by atoms with Crippen LogP contribution in [-0.2, 0) is 0 Å². The first-order valence-corrected chi connectivity index (χ1v) is 4.81. The maximum atomic E-state index is 9.02. The minimum absolute atomic E-state index is 0.271. The van der Waals surface area contributed by atoms with Gasteiger partial charge in [0.05, 0.1) is 6.54 Å². The molecule has 1 aliphatic rings. The number of quaternary nitrogens is 1. The largest absolute Gasteiger partial charge is 0.396 e. The van der Waals surface area contributed by atoms with Crippen molar-refractivity contribution in [3.8, 4) is 0 Å². The van der Waals surface area contributed by atoms with Crippen molar-refractivity contribution in [3.63, 3.8) is 0 Å². The molecule has 1 aliphatic carbocycles. The van der Waals surface area contributed by atoms with E-state index in [4.69, 9.17) is 10.2 Å². The summed E-state index contributed by atoms with van der Waals surface area (Å²) >= 11 is 0. The van der Waals surface area contributed by atoms with Crippen molar-refractivity contribution < 1.29 is 15.9 Å². The number of aliphatic hydroxyl groups is 2. The zero-order valence-electron chi connectivity index (χ0n) is 7.58. The zero-order chi connectivity index (χ0) is 8.97. The summed E-state index contributed by atoms with van der Waals surface area (Å²) in [7, 11) is 0. The van der Waals surface area contributed by atoms with Gasteiger partial charge in [0.1, 0.15) is 0 Å². The topological polar surface area (TPSA) is 68.1 Å². The summed E-state index contributed by atoms with van der Waals surface area (Å²) in [4.78, 5) is 0. The lowest BCUT2D eigenvalue weighted by Crippen LogP contribution is -2.55. The molecule has 0 aromatic rings. The van der Waals surface area contributed by atoms with E-state index in [1.54, 1.807) is 0 Å². The molecule has 72 valence electrons. The molecule has 1 rings (SSSR count). The van der Waals surface area contributed by atoms with Crippen LogP contribution in [0.2, 0.25) is 0 Å². The van der Waals surface area contributed by atoms with Gasteiger partial charge in [0.15, 0.2) is 0 Å². The Morgan fingerprint density at radius 3 is 1.67 bits per heavy atom. The highest BCUT2D eigenvalue weighted by atomic mass is 16.3. The highest BCUT2D eigenvalue weighted by molar-refractivity contribution is 4.77. The SMILES string of the molecule is [NH3+]CC1C[C@@H](CO)C[C@@H](CO)C1. The summed E-state index contributed by atoms with van der Waals surface area (Å²) in [5, 5.41) is 18.0. The van der Waals surface area contributed by atoms with E-state index < -0.39 is 0 Å². The third kappa shape index (κ3) is 2.44. The average Bonchev–Trinajstić information content (AvgIpc) is 2.16. The molecule has 1 fully saturated rings. The maximum absolute atomic E-state index is 9.02. The summed E-state index contributed by atoms with van der Waals surface area (Å²) in [5.74, 6) is 1.43. The summed E-state index contributed by atoms with van der Waals surface area (Å²) in [6, 6.07) is 0. The molecule has 12 heavy (non-hydrogen) atoms. The summed E-state index contributed by atoms with van der Waals surface area (Å²) in [6.45, 7) is 1.48. The third-order valence-corrected chi connectivity index (χ3v) is 2.92. The van der Waals surface area contributed by atoms with Crippen LogP contribution < -0.4 is 5.73 Å². The fourth-order valence-electron chi connectivity index (χ4n) is 2.24. The second-order valence-corrected chi connectivity index (χ2v) is 3.96. The first kappa shape index (κ1) is 9.96. The van der Waals surface area contributed by atoms with Crippen molar-refractivity contribution in [3.05, 3.63) is 0 Å². The molecule has 1 saturated carbocycles. The van der Waals surface area contributed by atoms with Crippen molar-refractivity contribution in [1.82, 2.24) is 0 Å². The standard InChI is InChI=1S/C9H19NO2/c10-4-7-1-8(5-11)3-9(2-7)6-12/h7-9,11-12H,1-6,10H2/p+1/t7?,8-,9+. The Balaban J connectivity index is 2.41. The quantitative estimate of drug-likeness (QED) is 0.527. The van der Waals surface area contributed by atoms with E-state index in [0.717, 1.165) is 25.8 Å². The lowest BCUT2D eigenvalue weighted by Gasteiger charge is -2.31. The Bertz CT molecular complexity index is 99.9. The van der Waals surface area contributed by atoms with Crippen LogP contribution in [0.15, 0.2) is 0 Å². The molecule has 0 bridgehead atoms. The summed E-state index contributed by atoms with van der Waals surface area (Å²) in [6.07, 6.45) is 3.18. The van der Waals surface area contributed by atoms with E-state index in [1.807, 2.05) is 0 Å². The van der Waals surface area contributed by atoms with Gasteiger partial charge < -0.3 is 15.9 Å². The van der Waals surface area contributed by atoms with Crippen molar-refractivity contribution >= 4 is 0 Å². The normalized spacial score (nSPS) is 36.8. The molecule has 0 saturated heterocycles. The second kappa shape index (κ2) is 4.80. The number of hydrogen-bond acceptors (Lipinski definition) is 2. The van der Waals surface area contributed by atoms with Crippen molar-refractivity contribution in [2.24, 2.45) is 17.8 Å². The van der Waals surface area contributed by atoms with Gasteiger partial charge in [-0.15, -0.1) is 0 Å². The molecule has 0 aliphatic heterocycles. The van der Waals surface area contributed by atoms with Crippen LogP contribution in [0.5, 0.6) is 0 Å². The van der Waals surface area contributed by atoms with Crippen LogP contribution in [-0.4, -0.2) is 30.0 Å². The predicted octanol–water partition coefficient (Wildman–Crippen LogP) is -0.755. The van der Waals surface area contributed by atoms with Gasteiger partial charge in [0, 0.05) is 19.1 Å². The molecule has 3 atom stereocenters. The fourth-order valence-corrected chi connectivity index (χ4v) is 2.24. The summed E-state index contributed by atoms with van der Waals surface area (Å²) in [5.41, 5.74) is 3.88. The van der Waals surface area contributed by atoms with E-state index in [2.05, 4.69) is 5.73 Å². The van der Waals surface area contributed by atoms with Crippen molar-refractivity contribution in [2.45, 2.75) is 19.3 Å². The third-order valence-electron chi connectivity index (χ3n) is 2.92. The Hall–Kier alpha value is -0.120. The van der Waals surface area contributed by atoms with Crippen LogP contribution in [0.25, 0.3) is 0 Å². The van der Waals surface area contributed by atoms with Crippen LogP contribution in [0, 0.1) is 17.8 Å². The van der Waals surface area contributed by atoms with E-state index in [1.165, 1.54) is 0 Å².